The first kappa shape index (κ1) is 16.2. The van der Waals surface area contributed by atoms with Gasteiger partial charge in [-0.1, -0.05) is 0 Å². The Morgan fingerprint density at radius 1 is 1.42 bits per heavy atom. The van der Waals surface area contributed by atoms with Crippen molar-refractivity contribution in [1.29, 1.82) is 0 Å². The molecule has 1 amide bonds. The second-order valence-electron chi connectivity index (χ2n) is 4.37. The normalized spacial score (nSPS) is 12.1. The third-order valence-corrected chi connectivity index (χ3v) is 5.43. The van der Waals surface area contributed by atoms with Gasteiger partial charge in [-0.25, -0.2) is 0 Å². The Morgan fingerprint density at radius 2 is 2.21 bits per heavy atom. The Hall–Kier alpha value is -0.830. The van der Waals surface area contributed by atoms with E-state index in [0.29, 0.717) is 19.4 Å². The van der Waals surface area contributed by atoms with Crippen molar-refractivity contribution < 1.29 is 14.7 Å². The minimum atomic E-state index is -0.966. The summed E-state index contributed by atoms with van der Waals surface area (Å²) in [5.74, 6) is -0.894. The molecule has 1 atom stereocenters. The molecule has 0 spiro atoms. The standard InChI is InChI=1S/C13H20N2O3Te/c14-11(13(17)18)5-1-2-8-15-12(16)7-6-10-4-3-9-19-10/h3-4,9,11H,1-2,5-8,14H2,(H,15,16)(H,17,18). The van der Waals surface area contributed by atoms with E-state index in [1.807, 2.05) is 0 Å². The average Bonchev–Trinajstić information content (AvgIpc) is 2.88. The molecule has 0 saturated carbocycles. The van der Waals surface area contributed by atoms with Crippen molar-refractivity contribution >= 4 is 32.3 Å². The summed E-state index contributed by atoms with van der Waals surface area (Å²) in [5, 5.41) is 11.4. The van der Waals surface area contributed by atoms with E-state index in [9.17, 15) is 9.59 Å². The van der Waals surface area contributed by atoms with Gasteiger partial charge >= 0.3 is 123 Å². The summed E-state index contributed by atoms with van der Waals surface area (Å²) in [5.41, 5.74) is 5.38. The van der Waals surface area contributed by atoms with Crippen LogP contribution < -0.4 is 11.1 Å². The van der Waals surface area contributed by atoms with Gasteiger partial charge < -0.3 is 0 Å². The molecule has 1 aromatic heterocycles. The maximum atomic E-state index is 11.5. The van der Waals surface area contributed by atoms with E-state index in [1.54, 1.807) is 0 Å². The molecule has 106 valence electrons. The monoisotopic (exact) mass is 382 g/mol. The first-order valence-corrected chi connectivity index (χ1v) is 8.88. The van der Waals surface area contributed by atoms with Gasteiger partial charge in [-0.05, 0) is 0 Å². The molecule has 0 aliphatic heterocycles. The molecule has 0 aliphatic carbocycles. The van der Waals surface area contributed by atoms with Gasteiger partial charge in [0.25, 0.3) is 0 Å². The molecule has 0 radical (unpaired) electrons. The van der Waals surface area contributed by atoms with Crippen LogP contribution in [-0.2, 0) is 16.0 Å². The van der Waals surface area contributed by atoms with Crippen LogP contribution in [0.1, 0.15) is 29.3 Å². The average molecular weight is 380 g/mol. The number of carboxylic acids is 1. The zero-order valence-corrected chi connectivity index (χ0v) is 13.1. The van der Waals surface area contributed by atoms with Crippen LogP contribution in [0, 0.1) is 0 Å². The first-order valence-electron chi connectivity index (χ1n) is 6.37. The van der Waals surface area contributed by atoms with Gasteiger partial charge in [0, 0.05) is 0 Å². The predicted molar refractivity (Wildman–Crippen MR) is 74.2 cm³/mol. The van der Waals surface area contributed by atoms with Crippen molar-refractivity contribution in [3.8, 4) is 0 Å². The Bertz CT molecular complexity index is 393. The molecule has 1 heterocycles. The quantitative estimate of drug-likeness (QED) is 0.427. The van der Waals surface area contributed by atoms with Crippen LogP contribution in [0.2, 0.25) is 0 Å². The topological polar surface area (TPSA) is 92.4 Å². The van der Waals surface area contributed by atoms with Crippen LogP contribution in [0.3, 0.4) is 0 Å². The number of carbonyl (C=O) groups excluding carboxylic acids is 1. The molecular formula is C13H20N2O3Te. The molecule has 6 heteroatoms. The summed E-state index contributed by atoms with van der Waals surface area (Å²) in [6.07, 6.45) is 3.35. The summed E-state index contributed by atoms with van der Waals surface area (Å²) in [6, 6.07) is 3.39. The number of carboxylic acid groups (broad SMARTS) is 1. The fourth-order valence-corrected chi connectivity index (χ4v) is 3.64. The molecule has 0 fully saturated rings. The summed E-state index contributed by atoms with van der Waals surface area (Å²) in [4.78, 5) is 22.0. The second-order valence-corrected chi connectivity index (χ2v) is 7.32. The summed E-state index contributed by atoms with van der Waals surface area (Å²) in [7, 11) is 0. The Kier molecular flexibility index (Phi) is 7.80. The van der Waals surface area contributed by atoms with Gasteiger partial charge in [-0.2, -0.15) is 0 Å². The van der Waals surface area contributed by atoms with Crippen LogP contribution in [0.5, 0.6) is 0 Å². The fourth-order valence-electron chi connectivity index (χ4n) is 1.62. The number of hydrogen-bond acceptors (Lipinski definition) is 3. The Balaban J connectivity index is 2.00. The van der Waals surface area contributed by atoms with Crippen LogP contribution in [0.25, 0.3) is 0 Å². The van der Waals surface area contributed by atoms with Crippen molar-refractivity contribution in [2.75, 3.05) is 6.54 Å². The van der Waals surface area contributed by atoms with Crippen LogP contribution in [-0.4, -0.2) is 50.0 Å². The third-order valence-electron chi connectivity index (χ3n) is 2.76. The van der Waals surface area contributed by atoms with Gasteiger partial charge in [0.05, 0.1) is 0 Å². The molecular weight excluding hydrogens is 360 g/mol. The molecule has 0 saturated heterocycles. The zero-order chi connectivity index (χ0) is 14.1. The Morgan fingerprint density at radius 3 is 2.84 bits per heavy atom. The summed E-state index contributed by atoms with van der Waals surface area (Å²) < 4.78 is 3.64. The number of amides is 1. The van der Waals surface area contributed by atoms with Gasteiger partial charge in [-0.15, -0.1) is 0 Å². The SMILES string of the molecule is NC(CCCCNC(=O)CCc1ccc[te]1)C(=O)O. The van der Waals surface area contributed by atoms with Crippen molar-refractivity contribution in [2.45, 2.75) is 38.1 Å². The van der Waals surface area contributed by atoms with Gasteiger partial charge in [0.15, 0.2) is 0 Å². The predicted octanol–water partition coefficient (Wildman–Crippen LogP) is 0.375. The van der Waals surface area contributed by atoms with Crippen LogP contribution >= 0.6 is 0 Å². The van der Waals surface area contributed by atoms with Gasteiger partial charge in [-0.3, -0.25) is 0 Å². The van der Waals surface area contributed by atoms with Crippen LogP contribution in [0.15, 0.2) is 16.2 Å². The molecule has 4 N–H and O–H groups in total. The van der Waals surface area contributed by atoms with Crippen LogP contribution in [0.4, 0.5) is 0 Å². The molecule has 1 aromatic rings. The number of nitrogens with two attached hydrogens (primary N) is 1. The van der Waals surface area contributed by atoms with E-state index in [4.69, 9.17) is 10.8 Å². The molecule has 1 unspecified atom stereocenters. The summed E-state index contributed by atoms with van der Waals surface area (Å²) >= 11 is -0.125. The van der Waals surface area contributed by atoms with Crippen molar-refractivity contribution in [3.63, 3.8) is 0 Å². The van der Waals surface area contributed by atoms with E-state index in [2.05, 4.69) is 21.5 Å². The maximum absolute atomic E-state index is 11.5. The number of unbranched alkanes of at least 4 members (excludes halogenated alkanes) is 1. The first-order chi connectivity index (χ1) is 9.09. The number of nitrogens with one attached hydrogen (secondary N) is 1. The molecule has 1 rings (SSSR count). The van der Waals surface area contributed by atoms with E-state index in [0.717, 1.165) is 19.3 Å². The van der Waals surface area contributed by atoms with Crippen molar-refractivity contribution in [3.05, 3.63) is 19.8 Å². The molecule has 0 aliphatic rings. The van der Waals surface area contributed by atoms with Gasteiger partial charge in [0.1, 0.15) is 0 Å². The van der Waals surface area contributed by atoms with Crippen molar-refractivity contribution in [1.82, 2.24) is 5.32 Å². The number of rotatable bonds is 9. The third kappa shape index (κ3) is 7.36. The Labute approximate surface area is 122 Å². The van der Waals surface area contributed by atoms with E-state index >= 15 is 0 Å². The summed E-state index contributed by atoms with van der Waals surface area (Å²) in [6.45, 7) is 0.596. The molecule has 5 nitrogen and oxygen atoms in total. The number of aryl methyl sites for hydroxylation is 1. The van der Waals surface area contributed by atoms with E-state index in [1.165, 1.54) is 3.58 Å². The number of carbonyl (C=O) groups is 2. The molecule has 0 bridgehead atoms. The van der Waals surface area contributed by atoms with Crippen molar-refractivity contribution in [2.24, 2.45) is 5.73 Å². The van der Waals surface area contributed by atoms with Gasteiger partial charge in [0.2, 0.25) is 0 Å². The molecule has 0 aromatic carbocycles. The van der Waals surface area contributed by atoms with E-state index < -0.39 is 12.0 Å². The minimum absolute atomic E-state index is 0.0720. The molecule has 19 heavy (non-hydrogen) atoms. The number of hydrogen-bond donors (Lipinski definition) is 3. The zero-order valence-electron chi connectivity index (χ0n) is 10.8. The fraction of sp³-hybridized carbons (Fsp3) is 0.538. The van der Waals surface area contributed by atoms with E-state index in [-0.39, 0.29) is 26.3 Å². The number of aliphatic carboxylic acids is 1. The second kappa shape index (κ2) is 9.13.